The molecule has 0 saturated carbocycles. The second-order valence-electron chi connectivity index (χ2n) is 5.91. The Hall–Kier alpha value is -2.40. The Morgan fingerprint density at radius 1 is 0.957 bits per heavy atom. The normalized spacial score (nSPS) is 16.1. The molecule has 3 aromatic rings. The Labute approximate surface area is 134 Å². The van der Waals surface area contributed by atoms with Crippen molar-refractivity contribution in [3.8, 4) is 0 Å². The number of hydrogen-bond donors (Lipinski definition) is 0. The first-order valence-corrected chi connectivity index (χ1v) is 7.94. The van der Waals surface area contributed by atoms with E-state index in [0.717, 1.165) is 44.1 Å². The second kappa shape index (κ2) is 6.01. The average Bonchev–Trinajstić information content (AvgIpc) is 2.98. The number of para-hydroxylation sites is 1. The molecule has 0 radical (unpaired) electrons. The standard InChI is InChI=1S/C18H19FN4/c19-16-5-1-2-6-17(16)22-11-9-21(10-12-22)13-15-14-23-8-4-3-7-18(23)20-15/h1-8,14H,9-13H2. The summed E-state index contributed by atoms with van der Waals surface area (Å²) in [5, 5.41) is 0. The fraction of sp³-hybridized carbons (Fsp3) is 0.278. The van der Waals surface area contributed by atoms with Gasteiger partial charge in [0.05, 0.1) is 11.4 Å². The van der Waals surface area contributed by atoms with Gasteiger partial charge in [0.1, 0.15) is 11.5 Å². The Bertz CT molecular complexity index is 772. The molecule has 0 amide bonds. The highest BCUT2D eigenvalue weighted by Crippen LogP contribution is 2.20. The molecule has 1 aromatic carbocycles. The Morgan fingerprint density at radius 3 is 2.52 bits per heavy atom. The van der Waals surface area contributed by atoms with Gasteiger partial charge in [0.2, 0.25) is 0 Å². The third-order valence-corrected chi connectivity index (χ3v) is 4.36. The maximum absolute atomic E-state index is 13.9. The number of rotatable bonds is 3. The summed E-state index contributed by atoms with van der Waals surface area (Å²) in [4.78, 5) is 9.14. The van der Waals surface area contributed by atoms with Crippen molar-refractivity contribution >= 4 is 11.3 Å². The Balaban J connectivity index is 1.41. The van der Waals surface area contributed by atoms with Crippen molar-refractivity contribution < 1.29 is 4.39 Å². The van der Waals surface area contributed by atoms with Crippen molar-refractivity contribution in [2.45, 2.75) is 6.54 Å². The first-order valence-electron chi connectivity index (χ1n) is 7.94. The molecule has 1 aliphatic heterocycles. The van der Waals surface area contributed by atoms with Gasteiger partial charge in [-0.2, -0.15) is 0 Å². The van der Waals surface area contributed by atoms with Gasteiger partial charge in [0.25, 0.3) is 0 Å². The number of aromatic nitrogens is 2. The molecule has 118 valence electrons. The summed E-state index contributed by atoms with van der Waals surface area (Å²) in [6, 6.07) is 13.0. The maximum atomic E-state index is 13.9. The zero-order valence-electron chi connectivity index (χ0n) is 12.9. The lowest BCUT2D eigenvalue weighted by molar-refractivity contribution is 0.247. The molecule has 3 heterocycles. The Morgan fingerprint density at radius 2 is 1.74 bits per heavy atom. The summed E-state index contributed by atoms with van der Waals surface area (Å²) < 4.78 is 15.9. The van der Waals surface area contributed by atoms with E-state index in [4.69, 9.17) is 0 Å². The molecule has 0 atom stereocenters. The molecule has 2 aromatic heterocycles. The molecule has 0 unspecified atom stereocenters. The molecule has 1 fully saturated rings. The first-order chi connectivity index (χ1) is 11.3. The van der Waals surface area contributed by atoms with Crippen LogP contribution in [0.1, 0.15) is 5.69 Å². The van der Waals surface area contributed by atoms with Crippen LogP contribution in [-0.4, -0.2) is 40.5 Å². The molecule has 0 bridgehead atoms. The summed E-state index contributed by atoms with van der Waals surface area (Å²) in [6.45, 7) is 4.36. The molecule has 0 spiro atoms. The molecule has 5 heteroatoms. The van der Waals surface area contributed by atoms with Gasteiger partial charge in [-0.1, -0.05) is 18.2 Å². The lowest BCUT2D eigenvalue weighted by Gasteiger charge is -2.35. The van der Waals surface area contributed by atoms with Crippen LogP contribution in [0.4, 0.5) is 10.1 Å². The number of piperazine rings is 1. The quantitative estimate of drug-likeness (QED) is 0.743. The first kappa shape index (κ1) is 14.2. The molecule has 0 N–H and O–H groups in total. The zero-order chi connectivity index (χ0) is 15.6. The number of nitrogens with zero attached hydrogens (tertiary/aromatic N) is 4. The van der Waals surface area contributed by atoms with Gasteiger partial charge < -0.3 is 9.30 Å². The highest BCUT2D eigenvalue weighted by molar-refractivity contribution is 5.48. The van der Waals surface area contributed by atoms with E-state index in [0.29, 0.717) is 5.69 Å². The minimum atomic E-state index is -0.138. The molecule has 23 heavy (non-hydrogen) atoms. The van der Waals surface area contributed by atoms with Gasteiger partial charge in [0, 0.05) is 45.1 Å². The Kier molecular flexibility index (Phi) is 3.71. The predicted molar refractivity (Wildman–Crippen MR) is 89.1 cm³/mol. The van der Waals surface area contributed by atoms with E-state index < -0.39 is 0 Å². The van der Waals surface area contributed by atoms with Gasteiger partial charge in [-0.05, 0) is 24.3 Å². The monoisotopic (exact) mass is 310 g/mol. The highest BCUT2D eigenvalue weighted by atomic mass is 19.1. The van der Waals surface area contributed by atoms with Crippen LogP contribution < -0.4 is 4.90 Å². The summed E-state index contributed by atoms with van der Waals surface area (Å²) in [5.74, 6) is -0.138. The fourth-order valence-electron chi connectivity index (χ4n) is 3.15. The van der Waals surface area contributed by atoms with Crippen LogP contribution in [0.3, 0.4) is 0 Å². The van der Waals surface area contributed by atoms with Gasteiger partial charge in [-0.15, -0.1) is 0 Å². The third kappa shape index (κ3) is 2.92. The number of pyridine rings is 1. The minimum absolute atomic E-state index is 0.138. The van der Waals surface area contributed by atoms with Crippen molar-refractivity contribution in [2.75, 3.05) is 31.1 Å². The molecule has 1 saturated heterocycles. The molecule has 4 nitrogen and oxygen atoms in total. The lowest BCUT2D eigenvalue weighted by Crippen LogP contribution is -2.46. The average molecular weight is 310 g/mol. The van der Waals surface area contributed by atoms with Gasteiger partial charge >= 0.3 is 0 Å². The number of anilines is 1. The molecule has 0 aliphatic carbocycles. The fourth-order valence-corrected chi connectivity index (χ4v) is 3.15. The zero-order valence-corrected chi connectivity index (χ0v) is 12.9. The largest absolute Gasteiger partial charge is 0.367 e. The summed E-state index contributed by atoms with van der Waals surface area (Å²) in [5.41, 5.74) is 2.77. The topological polar surface area (TPSA) is 23.8 Å². The van der Waals surface area contributed by atoms with Crippen molar-refractivity contribution in [1.82, 2.24) is 14.3 Å². The van der Waals surface area contributed by atoms with Crippen LogP contribution >= 0.6 is 0 Å². The van der Waals surface area contributed by atoms with Crippen LogP contribution in [0.5, 0.6) is 0 Å². The van der Waals surface area contributed by atoms with Gasteiger partial charge in [0.15, 0.2) is 0 Å². The smallest absolute Gasteiger partial charge is 0.146 e. The van der Waals surface area contributed by atoms with Gasteiger partial charge in [-0.25, -0.2) is 9.37 Å². The van der Waals surface area contributed by atoms with E-state index in [1.165, 1.54) is 6.07 Å². The second-order valence-corrected chi connectivity index (χ2v) is 5.91. The summed E-state index contributed by atoms with van der Waals surface area (Å²) in [6.07, 6.45) is 4.10. The van der Waals surface area contributed by atoms with E-state index in [-0.39, 0.29) is 5.82 Å². The number of fused-ring (bicyclic) bond motifs is 1. The van der Waals surface area contributed by atoms with Crippen molar-refractivity contribution in [3.63, 3.8) is 0 Å². The van der Waals surface area contributed by atoms with Crippen LogP contribution in [-0.2, 0) is 6.54 Å². The summed E-state index contributed by atoms with van der Waals surface area (Å²) >= 11 is 0. The number of benzene rings is 1. The molecule has 4 rings (SSSR count). The van der Waals surface area contributed by atoms with E-state index >= 15 is 0 Å². The SMILES string of the molecule is Fc1ccccc1N1CCN(Cc2cn3ccccc3n2)CC1. The van der Waals surface area contributed by atoms with Crippen LogP contribution in [0, 0.1) is 5.82 Å². The van der Waals surface area contributed by atoms with Gasteiger partial charge in [-0.3, -0.25) is 4.90 Å². The molecule has 1 aliphatic rings. The minimum Gasteiger partial charge on any atom is -0.367 e. The van der Waals surface area contributed by atoms with Crippen molar-refractivity contribution in [2.24, 2.45) is 0 Å². The maximum Gasteiger partial charge on any atom is 0.146 e. The van der Waals surface area contributed by atoms with Crippen molar-refractivity contribution in [1.29, 1.82) is 0 Å². The highest BCUT2D eigenvalue weighted by Gasteiger charge is 2.19. The molecular formula is C18H19FN4. The van der Waals surface area contributed by atoms with E-state index in [1.807, 2.05) is 40.9 Å². The predicted octanol–water partition coefficient (Wildman–Crippen LogP) is 2.80. The van der Waals surface area contributed by atoms with Crippen LogP contribution in [0.25, 0.3) is 5.65 Å². The lowest BCUT2D eigenvalue weighted by atomic mass is 10.2. The van der Waals surface area contributed by atoms with Crippen LogP contribution in [0.15, 0.2) is 54.9 Å². The molecular weight excluding hydrogens is 291 g/mol. The number of imidazole rings is 1. The van der Waals surface area contributed by atoms with E-state index in [9.17, 15) is 4.39 Å². The van der Waals surface area contributed by atoms with E-state index in [1.54, 1.807) is 6.07 Å². The number of hydrogen-bond acceptors (Lipinski definition) is 3. The van der Waals surface area contributed by atoms with Crippen LogP contribution in [0.2, 0.25) is 0 Å². The number of halogens is 1. The third-order valence-electron chi connectivity index (χ3n) is 4.36. The van der Waals surface area contributed by atoms with E-state index in [2.05, 4.69) is 21.0 Å². The van der Waals surface area contributed by atoms with Crippen molar-refractivity contribution in [3.05, 3.63) is 66.4 Å². The summed E-state index contributed by atoms with van der Waals surface area (Å²) in [7, 11) is 0.